The van der Waals surface area contributed by atoms with E-state index in [-0.39, 0.29) is 23.8 Å². The Kier molecular flexibility index (Phi) is 4.27. The molecule has 0 heterocycles. The lowest BCUT2D eigenvalue weighted by Crippen LogP contribution is -2.47. The summed E-state index contributed by atoms with van der Waals surface area (Å²) in [6.07, 6.45) is 5.99. The van der Waals surface area contributed by atoms with E-state index in [9.17, 15) is 9.59 Å². The molecule has 1 N–H and O–H groups in total. The number of ether oxygens (including phenoxy) is 1. The molecule has 2 fully saturated rings. The lowest BCUT2D eigenvalue weighted by molar-refractivity contribution is -0.148. The van der Waals surface area contributed by atoms with Crippen molar-refractivity contribution in [2.45, 2.75) is 45.6 Å². The molecule has 0 aromatic carbocycles. The van der Waals surface area contributed by atoms with Crippen molar-refractivity contribution in [1.82, 2.24) is 5.32 Å². The van der Waals surface area contributed by atoms with Crippen LogP contribution in [0.4, 0.5) is 0 Å². The van der Waals surface area contributed by atoms with Gasteiger partial charge in [-0.25, -0.2) is 0 Å². The molecule has 4 nitrogen and oxygen atoms in total. The van der Waals surface area contributed by atoms with Gasteiger partial charge in [-0.3, -0.25) is 9.59 Å². The Balaban J connectivity index is 2.07. The van der Waals surface area contributed by atoms with Gasteiger partial charge in [-0.15, -0.1) is 0 Å². The topological polar surface area (TPSA) is 55.4 Å². The number of carbonyl (C=O) groups is 2. The molecule has 0 spiro atoms. The molecular formula is C15H23NO3. The first-order chi connectivity index (χ1) is 9.08. The molecule has 2 aliphatic rings. The van der Waals surface area contributed by atoms with Crippen molar-refractivity contribution in [3.8, 4) is 0 Å². The molecule has 0 radical (unpaired) electrons. The third-order valence-corrected chi connectivity index (χ3v) is 4.56. The average molecular weight is 265 g/mol. The summed E-state index contributed by atoms with van der Waals surface area (Å²) in [4.78, 5) is 24.0. The molecule has 2 bridgehead atoms. The van der Waals surface area contributed by atoms with Crippen LogP contribution in [-0.4, -0.2) is 25.0 Å². The summed E-state index contributed by atoms with van der Waals surface area (Å²) in [5.41, 5.74) is 0.730. The molecule has 19 heavy (non-hydrogen) atoms. The number of esters is 1. The van der Waals surface area contributed by atoms with Gasteiger partial charge in [0.1, 0.15) is 0 Å². The third-order valence-electron chi connectivity index (χ3n) is 4.56. The zero-order chi connectivity index (χ0) is 14.0. The van der Waals surface area contributed by atoms with E-state index in [1.165, 1.54) is 7.11 Å². The first-order valence-corrected chi connectivity index (χ1v) is 7.13. The highest BCUT2D eigenvalue weighted by atomic mass is 16.5. The van der Waals surface area contributed by atoms with Crippen LogP contribution < -0.4 is 5.32 Å². The lowest BCUT2D eigenvalue weighted by atomic mass is 9.84. The van der Waals surface area contributed by atoms with Crippen molar-refractivity contribution >= 4 is 11.9 Å². The van der Waals surface area contributed by atoms with Crippen molar-refractivity contribution < 1.29 is 14.3 Å². The maximum atomic E-state index is 12.1. The number of carbonyl (C=O) groups excluding carboxylic acids is 2. The summed E-state index contributed by atoms with van der Waals surface area (Å²) >= 11 is 0. The van der Waals surface area contributed by atoms with Crippen LogP contribution in [0.2, 0.25) is 0 Å². The van der Waals surface area contributed by atoms with E-state index in [0.717, 1.165) is 31.3 Å². The molecule has 4 heteroatoms. The summed E-state index contributed by atoms with van der Waals surface area (Å²) in [5.74, 6) is 0.454. The molecule has 4 atom stereocenters. The van der Waals surface area contributed by atoms with E-state index in [1.54, 1.807) is 0 Å². The summed E-state index contributed by atoms with van der Waals surface area (Å²) in [7, 11) is 1.43. The number of nitrogens with one attached hydrogen (secondary N) is 1. The van der Waals surface area contributed by atoms with Crippen LogP contribution in [0.5, 0.6) is 0 Å². The van der Waals surface area contributed by atoms with Gasteiger partial charge < -0.3 is 10.1 Å². The fourth-order valence-electron chi connectivity index (χ4n) is 3.64. The molecule has 0 aliphatic heterocycles. The van der Waals surface area contributed by atoms with Gasteiger partial charge in [0.2, 0.25) is 5.91 Å². The maximum Gasteiger partial charge on any atom is 0.311 e. The maximum absolute atomic E-state index is 12.1. The minimum atomic E-state index is -0.172. The van der Waals surface area contributed by atoms with Crippen molar-refractivity contribution in [2.24, 2.45) is 17.8 Å². The molecule has 0 saturated heterocycles. The second-order valence-corrected chi connectivity index (χ2v) is 5.68. The minimum Gasteiger partial charge on any atom is -0.469 e. The van der Waals surface area contributed by atoms with Gasteiger partial charge in [0.25, 0.3) is 0 Å². The summed E-state index contributed by atoms with van der Waals surface area (Å²) < 4.78 is 4.90. The summed E-state index contributed by atoms with van der Waals surface area (Å²) in [5, 5.41) is 3.05. The van der Waals surface area contributed by atoms with Crippen LogP contribution in [-0.2, 0) is 14.3 Å². The van der Waals surface area contributed by atoms with Crippen LogP contribution >= 0.6 is 0 Å². The SMILES string of the molecule is CCC=C(C)C(=O)NC1C2CCC(C2)C1C(=O)OC. The Hall–Kier alpha value is -1.32. The largest absolute Gasteiger partial charge is 0.469 e. The number of allylic oxidation sites excluding steroid dienone is 1. The monoisotopic (exact) mass is 265 g/mol. The Bertz CT molecular complexity index is 402. The number of hydrogen-bond donors (Lipinski definition) is 1. The van der Waals surface area contributed by atoms with Crippen molar-refractivity contribution in [1.29, 1.82) is 0 Å². The van der Waals surface area contributed by atoms with Gasteiger partial charge in [0.05, 0.1) is 13.0 Å². The second-order valence-electron chi connectivity index (χ2n) is 5.68. The number of rotatable bonds is 4. The van der Waals surface area contributed by atoms with Crippen LogP contribution in [0.1, 0.15) is 39.5 Å². The van der Waals surface area contributed by atoms with E-state index < -0.39 is 0 Å². The molecule has 4 unspecified atom stereocenters. The Morgan fingerprint density at radius 2 is 2.00 bits per heavy atom. The highest BCUT2D eigenvalue weighted by Gasteiger charge is 2.51. The number of amides is 1. The average Bonchev–Trinajstić information content (AvgIpc) is 2.99. The van der Waals surface area contributed by atoms with Gasteiger partial charge in [0, 0.05) is 11.6 Å². The molecule has 0 aromatic heterocycles. The lowest BCUT2D eigenvalue weighted by Gasteiger charge is -2.29. The van der Waals surface area contributed by atoms with Crippen LogP contribution in [0.25, 0.3) is 0 Å². The molecule has 2 aliphatic carbocycles. The standard InChI is InChI=1S/C15H23NO3/c1-4-5-9(2)14(17)16-13-11-7-6-10(8-11)12(13)15(18)19-3/h5,10-13H,4,6-8H2,1-3H3,(H,16,17). The Morgan fingerprint density at radius 3 is 2.63 bits per heavy atom. The highest BCUT2D eigenvalue weighted by Crippen LogP contribution is 2.48. The number of methoxy groups -OCH3 is 1. The molecule has 2 saturated carbocycles. The fourth-order valence-corrected chi connectivity index (χ4v) is 3.64. The molecule has 1 amide bonds. The van der Waals surface area contributed by atoms with Crippen LogP contribution in [0, 0.1) is 17.8 Å². The van der Waals surface area contributed by atoms with Crippen molar-refractivity contribution in [2.75, 3.05) is 7.11 Å². The van der Waals surface area contributed by atoms with Gasteiger partial charge in [0.15, 0.2) is 0 Å². The van der Waals surface area contributed by atoms with E-state index >= 15 is 0 Å². The normalized spacial score (nSPS) is 33.3. The van der Waals surface area contributed by atoms with Crippen molar-refractivity contribution in [3.63, 3.8) is 0 Å². The van der Waals surface area contributed by atoms with Gasteiger partial charge >= 0.3 is 5.97 Å². The fraction of sp³-hybridized carbons (Fsp3) is 0.733. The molecule has 2 rings (SSSR count). The van der Waals surface area contributed by atoms with Crippen LogP contribution in [0.15, 0.2) is 11.6 Å². The van der Waals surface area contributed by atoms with Gasteiger partial charge in [-0.1, -0.05) is 13.0 Å². The van der Waals surface area contributed by atoms with E-state index in [0.29, 0.717) is 11.8 Å². The highest BCUT2D eigenvalue weighted by molar-refractivity contribution is 5.93. The number of hydrogen-bond acceptors (Lipinski definition) is 3. The predicted molar refractivity (Wildman–Crippen MR) is 72.3 cm³/mol. The van der Waals surface area contributed by atoms with Crippen molar-refractivity contribution in [3.05, 3.63) is 11.6 Å². The number of fused-ring (bicyclic) bond motifs is 2. The summed E-state index contributed by atoms with van der Waals surface area (Å²) in [6, 6.07) is -0.0427. The van der Waals surface area contributed by atoms with E-state index in [1.807, 2.05) is 19.9 Å². The van der Waals surface area contributed by atoms with Crippen LogP contribution in [0.3, 0.4) is 0 Å². The van der Waals surface area contributed by atoms with E-state index in [4.69, 9.17) is 4.74 Å². The molecular weight excluding hydrogens is 242 g/mol. The predicted octanol–water partition coefficient (Wildman–Crippen LogP) is 2.05. The Morgan fingerprint density at radius 1 is 1.32 bits per heavy atom. The van der Waals surface area contributed by atoms with Gasteiger partial charge in [-0.2, -0.15) is 0 Å². The summed E-state index contributed by atoms with van der Waals surface area (Å²) in [6.45, 7) is 3.82. The van der Waals surface area contributed by atoms with E-state index in [2.05, 4.69) is 5.32 Å². The Labute approximate surface area is 114 Å². The smallest absolute Gasteiger partial charge is 0.311 e. The zero-order valence-electron chi connectivity index (χ0n) is 11.9. The third kappa shape index (κ3) is 2.67. The first-order valence-electron chi connectivity index (χ1n) is 7.13. The molecule has 106 valence electrons. The quantitative estimate of drug-likeness (QED) is 0.625. The zero-order valence-corrected chi connectivity index (χ0v) is 11.9. The molecule has 0 aromatic rings. The second kappa shape index (κ2) is 5.76. The van der Waals surface area contributed by atoms with Gasteiger partial charge in [-0.05, 0) is 44.4 Å². The first kappa shape index (κ1) is 14.1. The minimum absolute atomic E-state index is 0.0427.